The Morgan fingerprint density at radius 1 is 1.33 bits per heavy atom. The SMILES string of the molecule is CCCN1CCC(CN)(c2cccc(Cl)c2)CC1. The zero-order valence-electron chi connectivity index (χ0n) is 11.2. The van der Waals surface area contributed by atoms with Crippen LogP contribution in [0.3, 0.4) is 0 Å². The zero-order valence-corrected chi connectivity index (χ0v) is 11.9. The van der Waals surface area contributed by atoms with E-state index >= 15 is 0 Å². The van der Waals surface area contributed by atoms with Crippen molar-refractivity contribution >= 4 is 11.6 Å². The van der Waals surface area contributed by atoms with Gasteiger partial charge in [0.25, 0.3) is 0 Å². The van der Waals surface area contributed by atoms with Crippen molar-refractivity contribution in [2.45, 2.75) is 31.6 Å². The second-order valence-electron chi connectivity index (χ2n) is 5.34. The molecule has 1 fully saturated rings. The number of nitrogens with zero attached hydrogens (tertiary/aromatic N) is 1. The molecule has 0 spiro atoms. The van der Waals surface area contributed by atoms with E-state index in [1.165, 1.54) is 18.5 Å². The highest BCUT2D eigenvalue weighted by Gasteiger charge is 2.34. The molecule has 1 aliphatic rings. The molecule has 0 amide bonds. The first-order chi connectivity index (χ1) is 8.70. The molecule has 0 unspecified atom stereocenters. The maximum absolute atomic E-state index is 6.11. The maximum Gasteiger partial charge on any atom is 0.0408 e. The maximum atomic E-state index is 6.11. The van der Waals surface area contributed by atoms with Crippen LogP contribution in [0.25, 0.3) is 0 Å². The number of halogens is 1. The third-order valence-corrected chi connectivity index (χ3v) is 4.42. The van der Waals surface area contributed by atoms with E-state index in [0.29, 0.717) is 6.54 Å². The van der Waals surface area contributed by atoms with Gasteiger partial charge in [-0.3, -0.25) is 0 Å². The summed E-state index contributed by atoms with van der Waals surface area (Å²) in [4.78, 5) is 2.54. The van der Waals surface area contributed by atoms with Gasteiger partial charge in [-0.1, -0.05) is 30.7 Å². The second-order valence-corrected chi connectivity index (χ2v) is 5.77. The Labute approximate surface area is 115 Å². The Hall–Kier alpha value is -0.570. The number of likely N-dealkylation sites (tertiary alicyclic amines) is 1. The molecule has 0 aliphatic carbocycles. The normalized spacial score (nSPS) is 19.9. The van der Waals surface area contributed by atoms with E-state index in [1.54, 1.807) is 0 Å². The highest BCUT2D eigenvalue weighted by atomic mass is 35.5. The van der Waals surface area contributed by atoms with E-state index in [2.05, 4.69) is 24.0 Å². The smallest absolute Gasteiger partial charge is 0.0408 e. The number of piperidine rings is 1. The molecule has 1 heterocycles. The molecule has 100 valence electrons. The van der Waals surface area contributed by atoms with Crippen LogP contribution in [0.2, 0.25) is 5.02 Å². The number of nitrogens with two attached hydrogens (primary N) is 1. The largest absolute Gasteiger partial charge is 0.330 e. The van der Waals surface area contributed by atoms with Crippen molar-refractivity contribution in [1.29, 1.82) is 0 Å². The molecule has 0 saturated carbocycles. The number of hydrogen-bond donors (Lipinski definition) is 1. The first-order valence-corrected chi connectivity index (χ1v) is 7.26. The van der Waals surface area contributed by atoms with Crippen LogP contribution in [-0.2, 0) is 5.41 Å². The molecule has 2 N–H and O–H groups in total. The lowest BCUT2D eigenvalue weighted by Crippen LogP contribution is -2.46. The van der Waals surface area contributed by atoms with Gasteiger partial charge in [-0.25, -0.2) is 0 Å². The van der Waals surface area contributed by atoms with E-state index in [0.717, 1.165) is 31.0 Å². The van der Waals surface area contributed by atoms with Gasteiger partial charge in [-0.05, 0) is 56.6 Å². The van der Waals surface area contributed by atoms with Crippen molar-refractivity contribution in [3.63, 3.8) is 0 Å². The molecule has 0 aromatic heterocycles. The summed E-state index contributed by atoms with van der Waals surface area (Å²) >= 11 is 6.11. The first kappa shape index (κ1) is 13.9. The van der Waals surface area contributed by atoms with E-state index in [-0.39, 0.29) is 5.41 Å². The molecular formula is C15H23ClN2. The molecule has 0 bridgehead atoms. The molecule has 1 aromatic carbocycles. The highest BCUT2D eigenvalue weighted by molar-refractivity contribution is 6.30. The van der Waals surface area contributed by atoms with Crippen molar-refractivity contribution in [3.05, 3.63) is 34.9 Å². The zero-order chi connectivity index (χ0) is 13.0. The molecular weight excluding hydrogens is 244 g/mol. The fourth-order valence-corrected chi connectivity index (χ4v) is 3.14. The summed E-state index contributed by atoms with van der Waals surface area (Å²) in [6.07, 6.45) is 3.51. The second kappa shape index (κ2) is 6.05. The fraction of sp³-hybridized carbons (Fsp3) is 0.600. The predicted octanol–water partition coefficient (Wildman–Crippen LogP) is 3.04. The van der Waals surface area contributed by atoms with E-state index in [9.17, 15) is 0 Å². The van der Waals surface area contributed by atoms with Gasteiger partial charge < -0.3 is 10.6 Å². The van der Waals surface area contributed by atoms with Gasteiger partial charge in [-0.2, -0.15) is 0 Å². The summed E-state index contributed by atoms with van der Waals surface area (Å²) in [6, 6.07) is 8.23. The number of benzene rings is 1. The van der Waals surface area contributed by atoms with Gasteiger partial charge in [0.05, 0.1) is 0 Å². The average molecular weight is 267 g/mol. The van der Waals surface area contributed by atoms with E-state index in [4.69, 9.17) is 17.3 Å². The van der Waals surface area contributed by atoms with Gasteiger partial charge in [-0.15, -0.1) is 0 Å². The van der Waals surface area contributed by atoms with Crippen molar-refractivity contribution < 1.29 is 0 Å². The molecule has 1 aromatic rings. The minimum atomic E-state index is 0.134. The molecule has 3 heteroatoms. The van der Waals surface area contributed by atoms with E-state index < -0.39 is 0 Å². The third kappa shape index (κ3) is 2.87. The molecule has 2 rings (SSSR count). The quantitative estimate of drug-likeness (QED) is 0.908. The topological polar surface area (TPSA) is 29.3 Å². The van der Waals surface area contributed by atoms with Crippen LogP contribution in [-0.4, -0.2) is 31.1 Å². The summed E-state index contributed by atoms with van der Waals surface area (Å²) in [5.41, 5.74) is 7.53. The minimum absolute atomic E-state index is 0.134. The molecule has 0 atom stereocenters. The van der Waals surface area contributed by atoms with Crippen LogP contribution in [0.15, 0.2) is 24.3 Å². The number of rotatable bonds is 4. The predicted molar refractivity (Wildman–Crippen MR) is 78.1 cm³/mol. The van der Waals surface area contributed by atoms with Crippen LogP contribution < -0.4 is 5.73 Å². The Balaban J connectivity index is 2.13. The summed E-state index contributed by atoms with van der Waals surface area (Å²) in [6.45, 7) is 6.46. The van der Waals surface area contributed by atoms with Gasteiger partial charge >= 0.3 is 0 Å². The molecule has 18 heavy (non-hydrogen) atoms. The summed E-state index contributed by atoms with van der Waals surface area (Å²) in [7, 11) is 0. The van der Waals surface area contributed by atoms with Crippen LogP contribution in [0.1, 0.15) is 31.7 Å². The molecule has 1 saturated heterocycles. The van der Waals surface area contributed by atoms with Gasteiger partial charge in [0.1, 0.15) is 0 Å². The Morgan fingerprint density at radius 3 is 2.61 bits per heavy atom. The summed E-state index contributed by atoms with van der Waals surface area (Å²) in [5, 5.41) is 0.816. The lowest BCUT2D eigenvalue weighted by atomic mass is 9.73. The van der Waals surface area contributed by atoms with Gasteiger partial charge in [0.2, 0.25) is 0 Å². The van der Waals surface area contributed by atoms with Crippen molar-refractivity contribution in [2.24, 2.45) is 5.73 Å². The summed E-state index contributed by atoms with van der Waals surface area (Å²) < 4.78 is 0. The fourth-order valence-electron chi connectivity index (χ4n) is 2.95. The lowest BCUT2D eigenvalue weighted by molar-refractivity contribution is 0.162. The molecule has 0 radical (unpaired) electrons. The van der Waals surface area contributed by atoms with Gasteiger partial charge in [0, 0.05) is 17.0 Å². The van der Waals surface area contributed by atoms with Crippen LogP contribution >= 0.6 is 11.6 Å². The highest BCUT2D eigenvalue weighted by Crippen LogP contribution is 2.35. The van der Waals surface area contributed by atoms with Crippen LogP contribution in [0.4, 0.5) is 0 Å². The van der Waals surface area contributed by atoms with Crippen LogP contribution in [0, 0.1) is 0 Å². The standard InChI is InChI=1S/C15H23ClN2/c1-2-8-18-9-6-15(12-17,7-10-18)13-4-3-5-14(16)11-13/h3-5,11H,2,6-10,12,17H2,1H3. The molecule has 1 aliphatic heterocycles. The van der Waals surface area contributed by atoms with Crippen molar-refractivity contribution in [1.82, 2.24) is 4.90 Å². The van der Waals surface area contributed by atoms with E-state index in [1.807, 2.05) is 12.1 Å². The van der Waals surface area contributed by atoms with Gasteiger partial charge in [0.15, 0.2) is 0 Å². The van der Waals surface area contributed by atoms with Crippen molar-refractivity contribution in [2.75, 3.05) is 26.2 Å². The van der Waals surface area contributed by atoms with Crippen molar-refractivity contribution in [3.8, 4) is 0 Å². The third-order valence-electron chi connectivity index (χ3n) is 4.18. The molecule has 2 nitrogen and oxygen atoms in total. The summed E-state index contributed by atoms with van der Waals surface area (Å²) in [5.74, 6) is 0. The minimum Gasteiger partial charge on any atom is -0.330 e. The monoisotopic (exact) mass is 266 g/mol. The lowest BCUT2D eigenvalue weighted by Gasteiger charge is -2.41. The van der Waals surface area contributed by atoms with Crippen LogP contribution in [0.5, 0.6) is 0 Å². The average Bonchev–Trinajstić information content (AvgIpc) is 2.40. The Morgan fingerprint density at radius 2 is 2.06 bits per heavy atom. The Bertz CT molecular complexity index is 384. The first-order valence-electron chi connectivity index (χ1n) is 6.89. The number of hydrogen-bond acceptors (Lipinski definition) is 2. The Kier molecular flexibility index (Phi) is 4.66.